The van der Waals surface area contributed by atoms with Crippen LogP contribution < -0.4 is 5.32 Å². The predicted molar refractivity (Wildman–Crippen MR) is 66.1 cm³/mol. The second-order valence-corrected chi connectivity index (χ2v) is 4.77. The van der Waals surface area contributed by atoms with Gasteiger partial charge in [0.2, 0.25) is 0 Å². The molecule has 0 aliphatic carbocycles. The Morgan fingerprint density at radius 1 is 1.50 bits per heavy atom. The number of hydrogen-bond acceptors (Lipinski definition) is 5. The van der Waals surface area contributed by atoms with Gasteiger partial charge in [0.1, 0.15) is 5.82 Å². The van der Waals surface area contributed by atoms with Crippen LogP contribution in [0.2, 0.25) is 0 Å². The van der Waals surface area contributed by atoms with Crippen LogP contribution in [0.25, 0.3) is 0 Å². The molecule has 0 fully saturated rings. The van der Waals surface area contributed by atoms with Crippen molar-refractivity contribution in [3.8, 4) is 6.07 Å². The van der Waals surface area contributed by atoms with Gasteiger partial charge in [0.25, 0.3) is 0 Å². The Kier molecular flexibility index (Phi) is 4.60. The highest BCUT2D eigenvalue weighted by Crippen LogP contribution is 2.22. The molecule has 0 bridgehead atoms. The number of carboxylic acid groups (broad SMARTS) is 1. The first-order chi connectivity index (χ1) is 8.44. The molecule has 1 heterocycles. The number of carboxylic acids is 1. The minimum atomic E-state index is -1.09. The molecule has 18 heavy (non-hydrogen) atoms. The molecule has 0 saturated carbocycles. The lowest BCUT2D eigenvalue weighted by atomic mass is 9.88. The summed E-state index contributed by atoms with van der Waals surface area (Å²) in [6.07, 6.45) is 3.91. The average Bonchev–Trinajstić information content (AvgIpc) is 2.35. The van der Waals surface area contributed by atoms with Crippen LogP contribution in [0.3, 0.4) is 0 Å². The van der Waals surface area contributed by atoms with Crippen LogP contribution in [0.1, 0.15) is 37.2 Å². The number of aromatic nitrogens is 2. The molecule has 0 atom stereocenters. The fourth-order valence-electron chi connectivity index (χ4n) is 1.34. The zero-order valence-electron chi connectivity index (χ0n) is 10.5. The van der Waals surface area contributed by atoms with Gasteiger partial charge in [-0.15, -0.1) is 0 Å². The van der Waals surface area contributed by atoms with Gasteiger partial charge in [-0.25, -0.2) is 14.8 Å². The maximum absolute atomic E-state index is 10.6. The number of hydrogen-bond donors (Lipinski definition) is 2. The molecule has 1 aromatic rings. The van der Waals surface area contributed by atoms with Crippen molar-refractivity contribution >= 4 is 11.8 Å². The lowest BCUT2D eigenvalue weighted by Crippen LogP contribution is -2.23. The van der Waals surface area contributed by atoms with Crippen molar-refractivity contribution < 1.29 is 9.90 Å². The topological polar surface area (TPSA) is 98.9 Å². The standard InChI is InChI=1S/C12H16N4O2/c1-12(2,4-3-5-13)8-16-10-7-14-9(6-15-10)11(17)18/h6-7H,3-4,8H2,1-2H3,(H,15,16)(H,17,18). The van der Waals surface area contributed by atoms with E-state index in [1.165, 1.54) is 12.4 Å². The van der Waals surface area contributed by atoms with E-state index in [2.05, 4.69) is 35.2 Å². The van der Waals surface area contributed by atoms with Crippen molar-refractivity contribution in [2.45, 2.75) is 26.7 Å². The van der Waals surface area contributed by atoms with E-state index < -0.39 is 5.97 Å². The number of anilines is 1. The first-order valence-electron chi connectivity index (χ1n) is 5.61. The third-order valence-electron chi connectivity index (χ3n) is 2.53. The molecule has 1 aromatic heterocycles. The Balaban J connectivity index is 2.53. The van der Waals surface area contributed by atoms with Gasteiger partial charge in [-0.1, -0.05) is 13.8 Å². The molecule has 0 aromatic carbocycles. The highest BCUT2D eigenvalue weighted by molar-refractivity contribution is 5.84. The smallest absolute Gasteiger partial charge is 0.356 e. The largest absolute Gasteiger partial charge is 0.476 e. The summed E-state index contributed by atoms with van der Waals surface area (Å²) < 4.78 is 0. The fraction of sp³-hybridized carbons (Fsp3) is 0.500. The Morgan fingerprint density at radius 2 is 2.22 bits per heavy atom. The molecule has 6 heteroatoms. The molecular weight excluding hydrogens is 232 g/mol. The van der Waals surface area contributed by atoms with Crippen molar-refractivity contribution in [2.75, 3.05) is 11.9 Å². The van der Waals surface area contributed by atoms with Gasteiger partial charge in [-0.2, -0.15) is 5.26 Å². The number of nitriles is 1. The molecule has 1 rings (SSSR count). The quantitative estimate of drug-likeness (QED) is 0.797. The van der Waals surface area contributed by atoms with Crippen LogP contribution in [-0.4, -0.2) is 27.6 Å². The van der Waals surface area contributed by atoms with Crippen LogP contribution in [0.5, 0.6) is 0 Å². The van der Waals surface area contributed by atoms with Gasteiger partial charge in [-0.05, 0) is 11.8 Å². The van der Waals surface area contributed by atoms with Crippen LogP contribution in [0, 0.1) is 16.7 Å². The fourth-order valence-corrected chi connectivity index (χ4v) is 1.34. The minimum absolute atomic E-state index is 0.0249. The molecule has 96 valence electrons. The number of nitrogens with zero attached hydrogens (tertiary/aromatic N) is 3. The van der Waals surface area contributed by atoms with E-state index in [1.54, 1.807) is 0 Å². The van der Waals surface area contributed by atoms with Crippen molar-refractivity contribution in [3.63, 3.8) is 0 Å². The van der Waals surface area contributed by atoms with Gasteiger partial charge in [0.05, 0.1) is 18.5 Å². The highest BCUT2D eigenvalue weighted by atomic mass is 16.4. The van der Waals surface area contributed by atoms with E-state index in [0.717, 1.165) is 6.42 Å². The second-order valence-electron chi connectivity index (χ2n) is 4.77. The normalized spacial score (nSPS) is 10.7. The van der Waals surface area contributed by atoms with E-state index in [0.29, 0.717) is 18.8 Å². The summed E-state index contributed by atoms with van der Waals surface area (Å²) in [5, 5.41) is 20.3. The maximum atomic E-state index is 10.6. The minimum Gasteiger partial charge on any atom is -0.476 e. The van der Waals surface area contributed by atoms with E-state index in [-0.39, 0.29) is 11.1 Å². The molecule has 0 saturated heterocycles. The highest BCUT2D eigenvalue weighted by Gasteiger charge is 2.17. The molecule has 0 aliphatic heterocycles. The SMILES string of the molecule is CC(C)(CCC#N)CNc1cnc(C(=O)O)cn1. The summed E-state index contributed by atoms with van der Waals surface area (Å²) in [5.74, 6) is -0.562. The molecule has 0 amide bonds. The van der Waals surface area contributed by atoms with Crippen molar-refractivity contribution in [1.29, 1.82) is 5.26 Å². The molecule has 0 aliphatic rings. The Labute approximate surface area is 106 Å². The second kappa shape index (κ2) is 5.96. The van der Waals surface area contributed by atoms with Crippen LogP contribution in [0.15, 0.2) is 12.4 Å². The van der Waals surface area contributed by atoms with Crippen LogP contribution in [0.4, 0.5) is 5.82 Å². The molecule has 2 N–H and O–H groups in total. The predicted octanol–water partition coefficient (Wildman–Crippen LogP) is 1.92. The third kappa shape index (κ3) is 4.37. The first-order valence-corrected chi connectivity index (χ1v) is 5.61. The number of carbonyl (C=O) groups is 1. The van der Waals surface area contributed by atoms with Crippen LogP contribution >= 0.6 is 0 Å². The lowest BCUT2D eigenvalue weighted by Gasteiger charge is -2.23. The summed E-state index contributed by atoms with van der Waals surface area (Å²) >= 11 is 0. The zero-order chi connectivity index (χ0) is 13.6. The number of aromatic carboxylic acids is 1. The van der Waals surface area contributed by atoms with E-state index in [4.69, 9.17) is 10.4 Å². The summed E-state index contributed by atoms with van der Waals surface area (Å²) in [6, 6.07) is 2.12. The van der Waals surface area contributed by atoms with E-state index in [1.807, 2.05) is 0 Å². The number of rotatable bonds is 6. The summed E-state index contributed by atoms with van der Waals surface area (Å²) in [4.78, 5) is 18.3. The van der Waals surface area contributed by atoms with Gasteiger partial charge >= 0.3 is 5.97 Å². The van der Waals surface area contributed by atoms with Crippen molar-refractivity contribution in [1.82, 2.24) is 9.97 Å². The third-order valence-corrected chi connectivity index (χ3v) is 2.53. The number of nitrogens with one attached hydrogen (secondary N) is 1. The monoisotopic (exact) mass is 248 g/mol. The zero-order valence-corrected chi connectivity index (χ0v) is 10.5. The first kappa shape index (κ1) is 13.9. The summed E-state index contributed by atoms with van der Waals surface area (Å²) in [6.45, 7) is 4.75. The van der Waals surface area contributed by atoms with Crippen molar-refractivity contribution in [2.24, 2.45) is 5.41 Å². The van der Waals surface area contributed by atoms with Gasteiger partial charge < -0.3 is 10.4 Å². The Morgan fingerprint density at radius 3 is 2.72 bits per heavy atom. The molecule has 6 nitrogen and oxygen atoms in total. The van der Waals surface area contributed by atoms with Crippen molar-refractivity contribution in [3.05, 3.63) is 18.1 Å². The Hall–Kier alpha value is -2.16. The molecule has 0 unspecified atom stereocenters. The summed E-state index contributed by atoms with van der Waals surface area (Å²) in [7, 11) is 0. The maximum Gasteiger partial charge on any atom is 0.356 e. The lowest BCUT2D eigenvalue weighted by molar-refractivity contribution is 0.0690. The van der Waals surface area contributed by atoms with Gasteiger partial charge in [-0.3, -0.25) is 0 Å². The molecule has 0 spiro atoms. The molecule has 0 radical (unpaired) electrons. The van der Waals surface area contributed by atoms with Gasteiger partial charge in [0, 0.05) is 13.0 Å². The molecular formula is C12H16N4O2. The van der Waals surface area contributed by atoms with Crippen LogP contribution in [-0.2, 0) is 0 Å². The van der Waals surface area contributed by atoms with E-state index >= 15 is 0 Å². The van der Waals surface area contributed by atoms with Gasteiger partial charge in [0.15, 0.2) is 5.69 Å². The Bertz CT molecular complexity index is 448. The average molecular weight is 248 g/mol. The van der Waals surface area contributed by atoms with E-state index in [9.17, 15) is 4.79 Å². The summed E-state index contributed by atoms with van der Waals surface area (Å²) in [5.41, 5.74) is -0.104.